The Morgan fingerprint density at radius 1 is 1.10 bits per heavy atom. The van der Waals surface area contributed by atoms with Gasteiger partial charge >= 0.3 is 0 Å². The summed E-state index contributed by atoms with van der Waals surface area (Å²) in [6.07, 6.45) is 2.34. The van der Waals surface area contributed by atoms with Crippen molar-refractivity contribution < 1.29 is 23.7 Å². The topological polar surface area (TPSA) is 78.1 Å². The number of ether oxygens (including phenoxy) is 4. The zero-order valence-electron chi connectivity index (χ0n) is 17.4. The number of carbonyl (C=O) groups is 1. The van der Waals surface area contributed by atoms with Crippen LogP contribution in [0.15, 0.2) is 48.5 Å². The molecule has 1 amide bonds. The molecular formula is C23H30N2O5. The molecule has 0 aliphatic carbocycles. The minimum absolute atomic E-state index is 0.142. The highest BCUT2D eigenvalue weighted by atomic mass is 16.5. The van der Waals surface area contributed by atoms with Crippen molar-refractivity contribution in [3.8, 4) is 11.5 Å². The molecule has 1 aliphatic rings. The smallest absolute Gasteiger partial charge is 0.243 e. The van der Waals surface area contributed by atoms with Gasteiger partial charge in [-0.1, -0.05) is 12.1 Å². The number of amides is 1. The fourth-order valence-electron chi connectivity index (χ4n) is 3.06. The zero-order chi connectivity index (χ0) is 21.0. The first kappa shape index (κ1) is 21.9. The Hall–Kier alpha value is -2.77. The molecule has 2 aromatic carbocycles. The van der Waals surface area contributed by atoms with Gasteiger partial charge in [-0.05, 0) is 56.2 Å². The van der Waals surface area contributed by atoms with Gasteiger partial charge < -0.3 is 29.6 Å². The number of para-hydroxylation sites is 2. The van der Waals surface area contributed by atoms with Crippen LogP contribution in [0.4, 0.5) is 11.4 Å². The molecule has 0 spiro atoms. The lowest BCUT2D eigenvalue weighted by Crippen LogP contribution is -2.22. The molecule has 0 saturated carbocycles. The molecule has 7 heteroatoms. The molecule has 0 radical (unpaired) electrons. The third-order valence-electron chi connectivity index (χ3n) is 4.62. The number of benzene rings is 2. The number of anilines is 2. The Bertz CT molecular complexity index is 775. The SMILES string of the molecule is CCOCCOc1ccccc1NC(=O)CNc1ccc(OCC2CCCO2)cc1. The van der Waals surface area contributed by atoms with Crippen molar-refractivity contribution in [1.82, 2.24) is 0 Å². The third kappa shape index (κ3) is 7.24. The van der Waals surface area contributed by atoms with Gasteiger partial charge in [0.15, 0.2) is 0 Å². The van der Waals surface area contributed by atoms with Crippen LogP contribution in [0.1, 0.15) is 19.8 Å². The highest BCUT2D eigenvalue weighted by Gasteiger charge is 2.15. The van der Waals surface area contributed by atoms with E-state index in [9.17, 15) is 4.79 Å². The van der Waals surface area contributed by atoms with Crippen LogP contribution in [0.3, 0.4) is 0 Å². The first-order valence-corrected chi connectivity index (χ1v) is 10.4. The molecule has 1 aliphatic heterocycles. The number of carbonyl (C=O) groups excluding carboxylic acids is 1. The van der Waals surface area contributed by atoms with Gasteiger partial charge in [-0.25, -0.2) is 0 Å². The standard InChI is InChI=1S/C23H30N2O5/c1-2-27-14-15-29-22-8-4-3-7-21(22)25-23(26)16-24-18-9-11-19(12-10-18)30-17-20-6-5-13-28-20/h3-4,7-12,20,24H,2,5-6,13-17H2,1H3,(H,25,26). The van der Waals surface area contributed by atoms with E-state index in [-0.39, 0.29) is 18.6 Å². The maximum atomic E-state index is 12.3. The number of rotatable bonds is 12. The molecule has 1 fully saturated rings. The van der Waals surface area contributed by atoms with Gasteiger partial charge in [0.1, 0.15) is 24.7 Å². The Morgan fingerprint density at radius 2 is 1.93 bits per heavy atom. The van der Waals surface area contributed by atoms with E-state index in [1.165, 1.54) is 0 Å². The molecule has 7 nitrogen and oxygen atoms in total. The summed E-state index contributed by atoms with van der Waals surface area (Å²) in [6.45, 7) is 5.06. The Morgan fingerprint density at radius 3 is 2.70 bits per heavy atom. The molecule has 1 saturated heterocycles. The molecule has 1 unspecified atom stereocenters. The highest BCUT2D eigenvalue weighted by Crippen LogP contribution is 2.24. The maximum absolute atomic E-state index is 12.3. The van der Waals surface area contributed by atoms with Crippen molar-refractivity contribution in [3.05, 3.63) is 48.5 Å². The van der Waals surface area contributed by atoms with Crippen LogP contribution in [0, 0.1) is 0 Å². The van der Waals surface area contributed by atoms with Gasteiger partial charge in [0.2, 0.25) is 5.91 Å². The average Bonchev–Trinajstić information content (AvgIpc) is 3.29. The lowest BCUT2D eigenvalue weighted by molar-refractivity contribution is -0.114. The monoisotopic (exact) mass is 414 g/mol. The van der Waals surface area contributed by atoms with Gasteiger partial charge in [-0.3, -0.25) is 4.79 Å². The quantitative estimate of drug-likeness (QED) is 0.516. The Labute approximate surface area is 177 Å². The maximum Gasteiger partial charge on any atom is 0.243 e. The molecular weight excluding hydrogens is 384 g/mol. The van der Waals surface area contributed by atoms with Crippen LogP contribution >= 0.6 is 0 Å². The number of hydrogen-bond acceptors (Lipinski definition) is 6. The summed E-state index contributed by atoms with van der Waals surface area (Å²) in [7, 11) is 0. The van der Waals surface area contributed by atoms with Crippen molar-refractivity contribution in [1.29, 1.82) is 0 Å². The van der Waals surface area contributed by atoms with Gasteiger partial charge in [0.05, 0.1) is 24.9 Å². The molecule has 2 aromatic rings. The summed E-state index contributed by atoms with van der Waals surface area (Å²) in [5, 5.41) is 5.99. The number of hydrogen-bond donors (Lipinski definition) is 2. The van der Waals surface area contributed by atoms with Crippen molar-refractivity contribution >= 4 is 17.3 Å². The van der Waals surface area contributed by atoms with Gasteiger partial charge in [-0.2, -0.15) is 0 Å². The van der Waals surface area contributed by atoms with Gasteiger partial charge in [0.25, 0.3) is 0 Å². The van der Waals surface area contributed by atoms with Gasteiger partial charge in [-0.15, -0.1) is 0 Å². The van der Waals surface area contributed by atoms with E-state index >= 15 is 0 Å². The zero-order valence-corrected chi connectivity index (χ0v) is 17.4. The molecule has 3 rings (SSSR count). The predicted octanol–water partition coefficient (Wildman–Crippen LogP) is 3.71. The molecule has 162 valence electrons. The molecule has 0 bridgehead atoms. The molecule has 30 heavy (non-hydrogen) atoms. The van der Waals surface area contributed by atoms with E-state index in [1.54, 1.807) is 0 Å². The van der Waals surface area contributed by atoms with Crippen molar-refractivity contribution in [2.75, 3.05) is 50.2 Å². The second-order valence-corrected chi connectivity index (χ2v) is 6.91. The van der Waals surface area contributed by atoms with Crippen LogP contribution in [0.25, 0.3) is 0 Å². The molecule has 0 aromatic heterocycles. The van der Waals surface area contributed by atoms with Crippen molar-refractivity contribution in [2.24, 2.45) is 0 Å². The van der Waals surface area contributed by atoms with Gasteiger partial charge in [0, 0.05) is 18.9 Å². The fraction of sp³-hybridized carbons (Fsp3) is 0.435. The third-order valence-corrected chi connectivity index (χ3v) is 4.62. The van der Waals surface area contributed by atoms with Crippen molar-refractivity contribution in [3.63, 3.8) is 0 Å². The van der Waals surface area contributed by atoms with E-state index in [1.807, 2.05) is 55.5 Å². The van der Waals surface area contributed by atoms with E-state index in [0.717, 1.165) is 30.9 Å². The predicted molar refractivity (Wildman–Crippen MR) is 116 cm³/mol. The molecule has 1 atom stereocenters. The summed E-state index contributed by atoms with van der Waals surface area (Å²) < 4.78 is 22.3. The summed E-state index contributed by atoms with van der Waals surface area (Å²) in [5.41, 5.74) is 1.48. The average molecular weight is 415 g/mol. The minimum atomic E-state index is -0.158. The lowest BCUT2D eigenvalue weighted by atomic mass is 10.2. The summed E-state index contributed by atoms with van der Waals surface area (Å²) in [5.74, 6) is 1.26. The van der Waals surface area contributed by atoms with E-state index < -0.39 is 0 Å². The highest BCUT2D eigenvalue weighted by molar-refractivity contribution is 5.95. The van der Waals surface area contributed by atoms with Crippen LogP contribution in [0.2, 0.25) is 0 Å². The summed E-state index contributed by atoms with van der Waals surface area (Å²) in [6, 6.07) is 14.9. The first-order valence-electron chi connectivity index (χ1n) is 10.4. The number of nitrogens with one attached hydrogen (secondary N) is 2. The second kappa shape index (κ2) is 12.0. The normalized spacial score (nSPS) is 15.6. The van der Waals surface area contributed by atoms with Crippen LogP contribution in [0.5, 0.6) is 11.5 Å². The van der Waals surface area contributed by atoms with E-state index in [2.05, 4.69) is 10.6 Å². The minimum Gasteiger partial charge on any atom is -0.491 e. The largest absolute Gasteiger partial charge is 0.491 e. The second-order valence-electron chi connectivity index (χ2n) is 6.91. The van der Waals surface area contributed by atoms with E-state index in [0.29, 0.717) is 37.9 Å². The van der Waals surface area contributed by atoms with Crippen molar-refractivity contribution in [2.45, 2.75) is 25.9 Å². The van der Waals surface area contributed by atoms with Crippen LogP contribution < -0.4 is 20.1 Å². The lowest BCUT2D eigenvalue weighted by Gasteiger charge is -2.14. The van der Waals surface area contributed by atoms with E-state index in [4.69, 9.17) is 18.9 Å². The summed E-state index contributed by atoms with van der Waals surface area (Å²) >= 11 is 0. The van der Waals surface area contributed by atoms with Crippen LogP contribution in [-0.4, -0.2) is 51.6 Å². The Kier molecular flexibility index (Phi) is 8.80. The fourth-order valence-corrected chi connectivity index (χ4v) is 3.06. The molecule has 1 heterocycles. The first-order chi connectivity index (χ1) is 14.7. The van der Waals surface area contributed by atoms with Crippen LogP contribution in [-0.2, 0) is 14.3 Å². The summed E-state index contributed by atoms with van der Waals surface area (Å²) in [4.78, 5) is 12.3. The Balaban J connectivity index is 1.42. The molecule has 2 N–H and O–H groups in total.